The van der Waals surface area contributed by atoms with Crippen LogP contribution in [0.2, 0.25) is 0 Å². The molecule has 0 radical (unpaired) electrons. The van der Waals surface area contributed by atoms with Crippen LogP contribution in [0.1, 0.15) is 38.5 Å². The first kappa shape index (κ1) is 12.2. The topological polar surface area (TPSA) is 29.3 Å². The molecule has 0 amide bonds. The summed E-state index contributed by atoms with van der Waals surface area (Å²) >= 11 is 0. The van der Waals surface area contributed by atoms with Crippen LogP contribution in [0.3, 0.4) is 0 Å². The molecule has 0 spiro atoms. The van der Waals surface area contributed by atoms with Crippen molar-refractivity contribution in [2.45, 2.75) is 50.5 Å². The average molecular weight is 232 g/mol. The van der Waals surface area contributed by atoms with E-state index in [0.29, 0.717) is 12.5 Å². The van der Waals surface area contributed by atoms with Crippen molar-refractivity contribution in [1.29, 1.82) is 0 Å². The van der Waals surface area contributed by atoms with Crippen LogP contribution in [0.5, 0.6) is 0 Å². The third-order valence-corrected chi connectivity index (χ3v) is 3.89. The molecule has 0 bridgehead atoms. The minimum atomic E-state index is -2.41. The van der Waals surface area contributed by atoms with Crippen molar-refractivity contribution in [3.8, 4) is 0 Å². The highest BCUT2D eigenvalue weighted by atomic mass is 19.3. The van der Waals surface area contributed by atoms with E-state index in [2.05, 4.69) is 4.90 Å². The van der Waals surface area contributed by atoms with Gasteiger partial charge in [0.15, 0.2) is 0 Å². The van der Waals surface area contributed by atoms with Gasteiger partial charge in [0, 0.05) is 25.4 Å². The summed E-state index contributed by atoms with van der Waals surface area (Å²) in [5, 5.41) is 0. The maximum Gasteiger partial charge on any atom is 0.248 e. The van der Waals surface area contributed by atoms with Crippen LogP contribution in [-0.4, -0.2) is 36.5 Å². The van der Waals surface area contributed by atoms with Crippen LogP contribution in [0, 0.1) is 5.92 Å². The van der Waals surface area contributed by atoms with Crippen LogP contribution in [0.4, 0.5) is 8.78 Å². The minimum absolute atomic E-state index is 0.0916. The third-order valence-electron chi connectivity index (χ3n) is 3.89. The highest BCUT2D eigenvalue weighted by Crippen LogP contribution is 2.37. The van der Waals surface area contributed by atoms with Crippen molar-refractivity contribution in [3.05, 3.63) is 0 Å². The Morgan fingerprint density at radius 2 is 1.88 bits per heavy atom. The van der Waals surface area contributed by atoms with Crippen molar-refractivity contribution in [2.75, 3.05) is 19.6 Å². The molecule has 2 rings (SSSR count). The molecule has 16 heavy (non-hydrogen) atoms. The van der Waals surface area contributed by atoms with E-state index in [1.165, 1.54) is 0 Å². The Hall–Kier alpha value is -0.220. The van der Waals surface area contributed by atoms with E-state index < -0.39 is 5.92 Å². The molecule has 2 N–H and O–H groups in total. The molecule has 1 aliphatic heterocycles. The Balaban J connectivity index is 1.76. The van der Waals surface area contributed by atoms with Crippen LogP contribution in [-0.2, 0) is 0 Å². The Bertz CT molecular complexity index is 225. The van der Waals surface area contributed by atoms with Gasteiger partial charge in [0.25, 0.3) is 0 Å². The second-order valence-electron chi connectivity index (χ2n) is 5.46. The lowest BCUT2D eigenvalue weighted by Gasteiger charge is -2.36. The first-order valence-corrected chi connectivity index (χ1v) is 6.41. The smallest absolute Gasteiger partial charge is 0.248 e. The number of rotatable bonds is 2. The van der Waals surface area contributed by atoms with Gasteiger partial charge in [-0.2, -0.15) is 0 Å². The second-order valence-corrected chi connectivity index (χ2v) is 5.46. The van der Waals surface area contributed by atoms with Gasteiger partial charge >= 0.3 is 0 Å². The van der Waals surface area contributed by atoms with Gasteiger partial charge in [0.05, 0.1) is 0 Å². The van der Waals surface area contributed by atoms with E-state index >= 15 is 0 Å². The predicted octanol–water partition coefficient (Wildman–Crippen LogP) is 2.24. The van der Waals surface area contributed by atoms with Gasteiger partial charge in [-0.3, -0.25) is 0 Å². The molecule has 1 aliphatic carbocycles. The van der Waals surface area contributed by atoms with E-state index in [9.17, 15) is 8.78 Å². The summed E-state index contributed by atoms with van der Waals surface area (Å²) in [6, 6.07) is 0.323. The summed E-state index contributed by atoms with van der Waals surface area (Å²) in [6.45, 7) is 2.83. The largest absolute Gasteiger partial charge is 0.328 e. The van der Waals surface area contributed by atoms with Gasteiger partial charge in [-0.25, -0.2) is 8.78 Å². The van der Waals surface area contributed by atoms with E-state index in [1.807, 2.05) is 0 Å². The molecule has 2 aliphatic rings. The Morgan fingerprint density at radius 3 is 2.50 bits per heavy atom. The molecule has 2 fully saturated rings. The minimum Gasteiger partial charge on any atom is -0.328 e. The lowest BCUT2D eigenvalue weighted by Crippen LogP contribution is -2.43. The molecule has 94 valence electrons. The van der Waals surface area contributed by atoms with Crippen molar-refractivity contribution < 1.29 is 8.78 Å². The Morgan fingerprint density at radius 1 is 1.19 bits per heavy atom. The molecule has 1 saturated carbocycles. The standard InChI is InChI=1S/C12H22F2N2/c13-12(14)5-1-2-10(8-12)9-16-6-3-11(15)4-7-16/h10-11H,1-9,15H2. The highest BCUT2D eigenvalue weighted by Gasteiger charge is 2.36. The summed E-state index contributed by atoms with van der Waals surface area (Å²) in [6.07, 6.45) is 3.87. The number of nitrogens with zero attached hydrogens (tertiary/aromatic N) is 1. The van der Waals surface area contributed by atoms with Crippen LogP contribution in [0.15, 0.2) is 0 Å². The number of hydrogen-bond donors (Lipinski definition) is 1. The molecule has 2 nitrogen and oxygen atoms in total. The van der Waals surface area contributed by atoms with E-state index in [1.54, 1.807) is 0 Å². The number of alkyl halides is 2. The van der Waals surface area contributed by atoms with E-state index in [0.717, 1.165) is 38.9 Å². The van der Waals surface area contributed by atoms with Crippen molar-refractivity contribution in [2.24, 2.45) is 11.7 Å². The fourth-order valence-electron chi connectivity index (χ4n) is 2.93. The maximum absolute atomic E-state index is 13.2. The zero-order valence-corrected chi connectivity index (χ0v) is 9.80. The van der Waals surface area contributed by atoms with Gasteiger partial charge in [0.2, 0.25) is 5.92 Å². The molecule has 1 heterocycles. The lowest BCUT2D eigenvalue weighted by atomic mass is 9.86. The van der Waals surface area contributed by atoms with Crippen molar-refractivity contribution in [1.82, 2.24) is 4.90 Å². The number of piperidine rings is 1. The normalized spacial score (nSPS) is 32.8. The van der Waals surface area contributed by atoms with Crippen molar-refractivity contribution >= 4 is 0 Å². The molecule has 4 heteroatoms. The number of hydrogen-bond acceptors (Lipinski definition) is 2. The number of likely N-dealkylation sites (tertiary alicyclic amines) is 1. The molecule has 1 atom stereocenters. The number of halogens is 2. The fraction of sp³-hybridized carbons (Fsp3) is 1.00. The quantitative estimate of drug-likeness (QED) is 0.791. The first-order valence-electron chi connectivity index (χ1n) is 6.41. The fourth-order valence-corrected chi connectivity index (χ4v) is 2.93. The van der Waals surface area contributed by atoms with Crippen LogP contribution >= 0.6 is 0 Å². The Labute approximate surface area is 96.2 Å². The summed E-state index contributed by atoms with van der Waals surface area (Å²) < 4.78 is 26.5. The zero-order chi connectivity index (χ0) is 11.6. The second kappa shape index (κ2) is 4.96. The monoisotopic (exact) mass is 232 g/mol. The van der Waals surface area contributed by atoms with E-state index in [-0.39, 0.29) is 18.8 Å². The molecule has 0 aromatic heterocycles. The van der Waals surface area contributed by atoms with Crippen molar-refractivity contribution in [3.63, 3.8) is 0 Å². The molecular formula is C12H22F2N2. The summed E-state index contributed by atoms with van der Waals surface area (Å²) in [4.78, 5) is 2.31. The summed E-state index contributed by atoms with van der Waals surface area (Å²) in [7, 11) is 0. The Kier molecular flexibility index (Phi) is 3.80. The lowest BCUT2D eigenvalue weighted by molar-refractivity contribution is -0.0576. The highest BCUT2D eigenvalue weighted by molar-refractivity contribution is 4.82. The average Bonchev–Trinajstić information content (AvgIpc) is 2.20. The first-order chi connectivity index (χ1) is 7.55. The third kappa shape index (κ3) is 3.39. The predicted molar refractivity (Wildman–Crippen MR) is 60.6 cm³/mol. The molecule has 1 unspecified atom stereocenters. The molecule has 1 saturated heterocycles. The van der Waals surface area contributed by atoms with E-state index in [4.69, 9.17) is 5.73 Å². The maximum atomic E-state index is 13.2. The van der Waals surface area contributed by atoms with Gasteiger partial charge in [-0.15, -0.1) is 0 Å². The van der Waals surface area contributed by atoms with Crippen LogP contribution < -0.4 is 5.73 Å². The SMILES string of the molecule is NC1CCN(CC2CCCC(F)(F)C2)CC1. The van der Waals surface area contributed by atoms with Gasteiger partial charge in [-0.1, -0.05) is 0 Å². The zero-order valence-electron chi connectivity index (χ0n) is 9.80. The summed E-state index contributed by atoms with van der Waals surface area (Å²) in [5.41, 5.74) is 5.83. The molecule has 0 aromatic carbocycles. The van der Waals surface area contributed by atoms with Gasteiger partial charge < -0.3 is 10.6 Å². The van der Waals surface area contributed by atoms with Gasteiger partial charge in [0.1, 0.15) is 0 Å². The summed E-state index contributed by atoms with van der Waals surface area (Å²) in [5.74, 6) is -2.21. The molecule has 0 aromatic rings. The number of nitrogens with two attached hydrogens (primary N) is 1. The van der Waals surface area contributed by atoms with Gasteiger partial charge in [-0.05, 0) is 44.7 Å². The van der Waals surface area contributed by atoms with Crippen LogP contribution in [0.25, 0.3) is 0 Å². The molecular weight excluding hydrogens is 210 g/mol.